The minimum atomic E-state index is -0.444. The Kier molecular flexibility index (Phi) is 5.90. The van der Waals surface area contributed by atoms with Gasteiger partial charge >= 0.3 is 5.97 Å². The number of rotatable bonds is 5. The quantitative estimate of drug-likeness (QED) is 0.747. The summed E-state index contributed by atoms with van der Waals surface area (Å²) in [5.41, 5.74) is 5.07. The normalized spacial score (nSPS) is 11.1. The van der Waals surface area contributed by atoms with Gasteiger partial charge in [0.2, 0.25) is 0 Å². The number of amides is 1. The van der Waals surface area contributed by atoms with E-state index in [4.69, 9.17) is 4.74 Å². The van der Waals surface area contributed by atoms with Crippen LogP contribution in [0.5, 0.6) is 0 Å². The standard InChI is InChI=1S/C21H28N2O3/c1-11(2)15-9-8-10-16(12(3)4)19(15)23-20(24)18-13(5)17(14(6)22-18)21(25)26-7/h8-12,22H,1-7H3,(H,23,24). The summed E-state index contributed by atoms with van der Waals surface area (Å²) in [6.45, 7) is 11.9. The number of aromatic amines is 1. The Labute approximate surface area is 155 Å². The lowest BCUT2D eigenvalue weighted by molar-refractivity contribution is 0.0599. The summed E-state index contributed by atoms with van der Waals surface area (Å²) >= 11 is 0. The fourth-order valence-corrected chi connectivity index (χ4v) is 3.26. The Morgan fingerprint density at radius 3 is 2.04 bits per heavy atom. The zero-order valence-corrected chi connectivity index (χ0v) is 16.6. The zero-order valence-electron chi connectivity index (χ0n) is 16.6. The van der Waals surface area contributed by atoms with Gasteiger partial charge in [-0.25, -0.2) is 4.79 Å². The molecule has 0 bridgehead atoms. The Morgan fingerprint density at radius 1 is 1.04 bits per heavy atom. The van der Waals surface area contributed by atoms with Crippen LogP contribution in [0.1, 0.15) is 82.8 Å². The third-order valence-electron chi connectivity index (χ3n) is 4.67. The van der Waals surface area contributed by atoms with Gasteiger partial charge < -0.3 is 15.0 Å². The molecular weight excluding hydrogens is 328 g/mol. The van der Waals surface area contributed by atoms with Crippen LogP contribution in [0.3, 0.4) is 0 Å². The van der Waals surface area contributed by atoms with Gasteiger partial charge in [0.1, 0.15) is 5.69 Å². The zero-order chi connectivity index (χ0) is 19.6. The van der Waals surface area contributed by atoms with Crippen molar-refractivity contribution >= 4 is 17.6 Å². The highest BCUT2D eigenvalue weighted by Gasteiger charge is 2.24. The molecule has 0 saturated heterocycles. The highest BCUT2D eigenvalue weighted by atomic mass is 16.5. The van der Waals surface area contributed by atoms with Crippen molar-refractivity contribution in [2.45, 2.75) is 53.4 Å². The van der Waals surface area contributed by atoms with E-state index in [1.807, 2.05) is 18.2 Å². The van der Waals surface area contributed by atoms with Crippen molar-refractivity contribution in [3.63, 3.8) is 0 Å². The van der Waals surface area contributed by atoms with Crippen LogP contribution in [0.2, 0.25) is 0 Å². The smallest absolute Gasteiger partial charge is 0.339 e. The third-order valence-corrected chi connectivity index (χ3v) is 4.67. The number of H-pyrrole nitrogens is 1. The molecule has 26 heavy (non-hydrogen) atoms. The first-order chi connectivity index (χ1) is 12.2. The van der Waals surface area contributed by atoms with Gasteiger partial charge in [-0.15, -0.1) is 0 Å². The molecule has 5 heteroatoms. The molecule has 0 saturated carbocycles. The number of hydrogen-bond acceptors (Lipinski definition) is 3. The number of anilines is 1. The van der Waals surface area contributed by atoms with Gasteiger partial charge in [0, 0.05) is 11.4 Å². The number of aromatic nitrogens is 1. The topological polar surface area (TPSA) is 71.2 Å². The van der Waals surface area contributed by atoms with Crippen LogP contribution in [0.25, 0.3) is 0 Å². The van der Waals surface area contributed by atoms with E-state index >= 15 is 0 Å². The molecule has 0 spiro atoms. The van der Waals surface area contributed by atoms with Crippen LogP contribution >= 0.6 is 0 Å². The molecule has 0 atom stereocenters. The number of ether oxygens (including phenoxy) is 1. The molecule has 1 aromatic heterocycles. The molecule has 0 aliphatic carbocycles. The second kappa shape index (κ2) is 7.77. The molecule has 140 valence electrons. The Bertz CT molecular complexity index is 806. The van der Waals surface area contributed by atoms with Crippen LogP contribution in [-0.2, 0) is 4.74 Å². The lowest BCUT2D eigenvalue weighted by Gasteiger charge is -2.20. The lowest BCUT2D eigenvalue weighted by Crippen LogP contribution is -2.17. The van der Waals surface area contributed by atoms with Crippen molar-refractivity contribution in [2.24, 2.45) is 0 Å². The number of esters is 1. The minimum absolute atomic E-state index is 0.254. The van der Waals surface area contributed by atoms with Crippen molar-refractivity contribution in [3.05, 3.63) is 51.8 Å². The van der Waals surface area contributed by atoms with Gasteiger partial charge in [-0.2, -0.15) is 0 Å². The van der Waals surface area contributed by atoms with Gasteiger partial charge in [0.25, 0.3) is 5.91 Å². The minimum Gasteiger partial charge on any atom is -0.465 e. The summed E-state index contributed by atoms with van der Waals surface area (Å²) < 4.78 is 4.82. The molecule has 1 amide bonds. The lowest BCUT2D eigenvalue weighted by atomic mass is 9.92. The van der Waals surface area contributed by atoms with E-state index in [2.05, 4.69) is 38.0 Å². The summed E-state index contributed by atoms with van der Waals surface area (Å²) in [6.07, 6.45) is 0. The molecule has 5 nitrogen and oxygen atoms in total. The number of aryl methyl sites for hydroxylation is 1. The number of methoxy groups -OCH3 is 1. The van der Waals surface area contributed by atoms with Gasteiger partial charge in [-0.1, -0.05) is 45.9 Å². The van der Waals surface area contributed by atoms with E-state index in [1.54, 1.807) is 13.8 Å². The summed E-state index contributed by atoms with van der Waals surface area (Å²) in [6, 6.07) is 6.11. The number of nitrogens with one attached hydrogen (secondary N) is 2. The molecular formula is C21H28N2O3. The van der Waals surface area contributed by atoms with E-state index in [9.17, 15) is 9.59 Å². The first kappa shape index (κ1) is 19.8. The molecule has 2 rings (SSSR count). The summed E-state index contributed by atoms with van der Waals surface area (Å²) in [5, 5.41) is 3.07. The summed E-state index contributed by atoms with van der Waals surface area (Å²) in [7, 11) is 1.34. The molecule has 1 aromatic carbocycles. The molecule has 2 N–H and O–H groups in total. The monoisotopic (exact) mass is 356 g/mol. The van der Waals surface area contributed by atoms with E-state index in [-0.39, 0.29) is 17.7 Å². The van der Waals surface area contributed by atoms with E-state index in [1.165, 1.54) is 7.11 Å². The molecule has 0 aliphatic rings. The third kappa shape index (κ3) is 3.66. The van der Waals surface area contributed by atoms with Crippen molar-refractivity contribution in [1.29, 1.82) is 0 Å². The Balaban J connectivity index is 2.48. The van der Waals surface area contributed by atoms with Gasteiger partial charge in [-0.05, 0) is 42.4 Å². The number of benzene rings is 1. The second-order valence-corrected chi connectivity index (χ2v) is 7.19. The van der Waals surface area contributed by atoms with Crippen LogP contribution in [0, 0.1) is 13.8 Å². The maximum atomic E-state index is 13.0. The molecule has 0 unspecified atom stereocenters. The largest absolute Gasteiger partial charge is 0.465 e. The molecule has 2 aromatic rings. The van der Waals surface area contributed by atoms with Crippen molar-refractivity contribution in [1.82, 2.24) is 4.98 Å². The van der Waals surface area contributed by atoms with Gasteiger partial charge in [0.05, 0.1) is 12.7 Å². The molecule has 0 aliphatic heterocycles. The van der Waals surface area contributed by atoms with Crippen LogP contribution in [0.4, 0.5) is 5.69 Å². The van der Waals surface area contributed by atoms with Crippen LogP contribution < -0.4 is 5.32 Å². The second-order valence-electron chi connectivity index (χ2n) is 7.19. The average molecular weight is 356 g/mol. The SMILES string of the molecule is COC(=O)c1c(C)[nH]c(C(=O)Nc2c(C(C)C)cccc2C(C)C)c1C. The van der Waals surface area contributed by atoms with Crippen LogP contribution in [0.15, 0.2) is 18.2 Å². The van der Waals surface area contributed by atoms with Gasteiger partial charge in [0.15, 0.2) is 0 Å². The number of carbonyl (C=O) groups is 2. The maximum Gasteiger partial charge on any atom is 0.339 e. The predicted octanol–water partition coefficient (Wildman–Crippen LogP) is 4.92. The molecule has 1 heterocycles. The Hall–Kier alpha value is -2.56. The molecule has 0 radical (unpaired) electrons. The van der Waals surface area contributed by atoms with Crippen molar-refractivity contribution < 1.29 is 14.3 Å². The highest BCUT2D eigenvalue weighted by molar-refractivity contribution is 6.07. The fraction of sp³-hybridized carbons (Fsp3) is 0.429. The molecule has 0 fully saturated rings. The van der Waals surface area contributed by atoms with E-state index in [0.29, 0.717) is 22.5 Å². The first-order valence-electron chi connectivity index (χ1n) is 8.90. The average Bonchev–Trinajstić information content (AvgIpc) is 2.88. The van der Waals surface area contributed by atoms with Crippen molar-refractivity contribution in [3.8, 4) is 0 Å². The highest BCUT2D eigenvalue weighted by Crippen LogP contribution is 2.33. The number of para-hydroxylation sites is 1. The first-order valence-corrected chi connectivity index (χ1v) is 8.90. The summed E-state index contributed by atoms with van der Waals surface area (Å²) in [4.78, 5) is 28.0. The predicted molar refractivity (Wildman–Crippen MR) is 104 cm³/mol. The summed E-state index contributed by atoms with van der Waals surface area (Å²) in [5.74, 6) is -0.140. The maximum absolute atomic E-state index is 13.0. The van der Waals surface area contributed by atoms with Crippen molar-refractivity contribution in [2.75, 3.05) is 12.4 Å². The fourth-order valence-electron chi connectivity index (χ4n) is 3.26. The van der Waals surface area contributed by atoms with E-state index in [0.717, 1.165) is 16.8 Å². The Morgan fingerprint density at radius 2 is 1.58 bits per heavy atom. The van der Waals surface area contributed by atoms with Crippen LogP contribution in [-0.4, -0.2) is 24.0 Å². The van der Waals surface area contributed by atoms with E-state index < -0.39 is 5.97 Å². The number of carbonyl (C=O) groups excluding carboxylic acids is 2. The number of hydrogen-bond donors (Lipinski definition) is 2. The van der Waals surface area contributed by atoms with Gasteiger partial charge in [-0.3, -0.25) is 4.79 Å².